The Morgan fingerprint density at radius 1 is 1.23 bits per heavy atom. The van der Waals surface area contributed by atoms with Crippen LogP contribution in [0.5, 0.6) is 0 Å². The fourth-order valence-corrected chi connectivity index (χ4v) is 2.76. The van der Waals surface area contributed by atoms with Crippen molar-refractivity contribution in [2.75, 3.05) is 6.54 Å². The summed E-state index contributed by atoms with van der Waals surface area (Å²) in [6.45, 7) is 8.25. The zero-order chi connectivity index (χ0) is 19.5. The SMILES string of the molecule is Cc1nc2nc(C(F)(F)F)nn2c(C)c1CCC(=O)NCCCC(C)C. The molecule has 0 aromatic carbocycles. The number of carbonyl (C=O) groups is 1. The molecular formula is C17H24F3N5O. The molecule has 0 spiro atoms. The lowest BCUT2D eigenvalue weighted by molar-refractivity contribution is -0.144. The van der Waals surface area contributed by atoms with E-state index < -0.39 is 12.0 Å². The Labute approximate surface area is 150 Å². The normalized spacial score (nSPS) is 12.2. The van der Waals surface area contributed by atoms with Gasteiger partial charge in [-0.25, -0.2) is 9.50 Å². The molecule has 1 amide bonds. The summed E-state index contributed by atoms with van der Waals surface area (Å²) in [6, 6.07) is 0. The summed E-state index contributed by atoms with van der Waals surface area (Å²) in [6.07, 6.45) is -2.01. The van der Waals surface area contributed by atoms with Crippen LogP contribution in [0.2, 0.25) is 0 Å². The van der Waals surface area contributed by atoms with Crippen LogP contribution in [0.3, 0.4) is 0 Å². The molecule has 2 aromatic rings. The second kappa shape index (κ2) is 8.01. The van der Waals surface area contributed by atoms with Crippen LogP contribution in [0.1, 0.15) is 55.9 Å². The second-order valence-corrected chi connectivity index (χ2v) is 6.79. The summed E-state index contributed by atoms with van der Waals surface area (Å²) in [5, 5.41) is 6.37. The molecule has 2 heterocycles. The van der Waals surface area contributed by atoms with Gasteiger partial charge in [0.15, 0.2) is 0 Å². The summed E-state index contributed by atoms with van der Waals surface area (Å²) in [7, 11) is 0. The summed E-state index contributed by atoms with van der Waals surface area (Å²) in [5.74, 6) is -0.789. The number of nitrogens with one attached hydrogen (secondary N) is 1. The van der Waals surface area contributed by atoms with Gasteiger partial charge in [-0.2, -0.15) is 18.2 Å². The van der Waals surface area contributed by atoms with Crippen LogP contribution >= 0.6 is 0 Å². The van der Waals surface area contributed by atoms with Gasteiger partial charge in [-0.15, -0.1) is 5.10 Å². The van der Waals surface area contributed by atoms with Crippen molar-refractivity contribution in [3.63, 3.8) is 0 Å². The quantitative estimate of drug-likeness (QED) is 0.759. The third kappa shape index (κ3) is 4.92. The highest BCUT2D eigenvalue weighted by Crippen LogP contribution is 2.27. The predicted octanol–water partition coefficient (Wildman–Crippen LogP) is 3.24. The molecule has 2 aromatic heterocycles. The summed E-state index contributed by atoms with van der Waals surface area (Å²) < 4.78 is 39.5. The molecule has 26 heavy (non-hydrogen) atoms. The lowest BCUT2D eigenvalue weighted by atomic mass is 10.1. The Hall–Kier alpha value is -2.19. The number of carbonyl (C=O) groups excluding carboxylic acids is 1. The largest absolute Gasteiger partial charge is 0.453 e. The lowest BCUT2D eigenvalue weighted by Crippen LogP contribution is -2.25. The zero-order valence-electron chi connectivity index (χ0n) is 15.4. The number of rotatable bonds is 7. The van der Waals surface area contributed by atoms with E-state index in [0.29, 0.717) is 35.8 Å². The van der Waals surface area contributed by atoms with Crippen molar-refractivity contribution < 1.29 is 18.0 Å². The molecule has 2 rings (SSSR count). The minimum atomic E-state index is -4.62. The summed E-state index contributed by atoms with van der Waals surface area (Å²) in [5.41, 5.74) is 1.79. The highest BCUT2D eigenvalue weighted by molar-refractivity contribution is 5.76. The van der Waals surface area contributed by atoms with Crippen molar-refractivity contribution in [3.8, 4) is 0 Å². The van der Waals surface area contributed by atoms with E-state index in [4.69, 9.17) is 0 Å². The molecule has 0 saturated carbocycles. The molecule has 1 N–H and O–H groups in total. The molecule has 0 aliphatic heterocycles. The number of alkyl halides is 3. The van der Waals surface area contributed by atoms with Crippen LogP contribution in [0, 0.1) is 19.8 Å². The van der Waals surface area contributed by atoms with Crippen LogP contribution < -0.4 is 5.32 Å². The number of halogens is 3. The molecule has 0 aliphatic rings. The lowest BCUT2D eigenvalue weighted by Gasteiger charge is -2.11. The minimum Gasteiger partial charge on any atom is -0.356 e. The number of amides is 1. The van der Waals surface area contributed by atoms with E-state index in [-0.39, 0.29) is 18.1 Å². The number of nitrogens with zero attached hydrogens (tertiary/aromatic N) is 4. The molecule has 0 bridgehead atoms. The van der Waals surface area contributed by atoms with Gasteiger partial charge in [-0.05, 0) is 44.6 Å². The van der Waals surface area contributed by atoms with Crippen molar-refractivity contribution in [1.82, 2.24) is 24.9 Å². The number of aryl methyl sites for hydroxylation is 2. The average molecular weight is 371 g/mol. The average Bonchev–Trinajstić information content (AvgIpc) is 2.95. The summed E-state index contributed by atoms with van der Waals surface area (Å²) >= 11 is 0. The van der Waals surface area contributed by atoms with Crippen LogP contribution in [0.25, 0.3) is 5.78 Å². The molecular weight excluding hydrogens is 347 g/mol. The zero-order valence-corrected chi connectivity index (χ0v) is 15.4. The molecule has 0 atom stereocenters. The van der Waals surface area contributed by atoms with Gasteiger partial charge in [-0.1, -0.05) is 13.8 Å². The fourth-order valence-electron chi connectivity index (χ4n) is 2.76. The van der Waals surface area contributed by atoms with Gasteiger partial charge in [0.2, 0.25) is 5.91 Å². The number of hydrogen-bond donors (Lipinski definition) is 1. The van der Waals surface area contributed by atoms with E-state index in [9.17, 15) is 18.0 Å². The van der Waals surface area contributed by atoms with E-state index in [1.807, 2.05) is 0 Å². The van der Waals surface area contributed by atoms with Gasteiger partial charge >= 0.3 is 6.18 Å². The van der Waals surface area contributed by atoms with Crippen LogP contribution in [0.4, 0.5) is 13.2 Å². The first-order valence-corrected chi connectivity index (χ1v) is 8.66. The van der Waals surface area contributed by atoms with Gasteiger partial charge in [0, 0.05) is 24.4 Å². The smallest absolute Gasteiger partial charge is 0.356 e. The Kier molecular flexibility index (Phi) is 6.20. The number of hydrogen-bond acceptors (Lipinski definition) is 4. The number of aromatic nitrogens is 4. The van der Waals surface area contributed by atoms with E-state index in [0.717, 1.165) is 17.4 Å². The van der Waals surface area contributed by atoms with Gasteiger partial charge in [-0.3, -0.25) is 4.79 Å². The van der Waals surface area contributed by atoms with Crippen molar-refractivity contribution >= 4 is 11.7 Å². The third-order valence-electron chi connectivity index (χ3n) is 4.18. The van der Waals surface area contributed by atoms with E-state index in [1.165, 1.54) is 0 Å². The standard InChI is InChI=1S/C17H24F3N5O/c1-10(2)6-5-9-21-14(26)8-7-13-11(3)22-16-23-15(17(18,19)20)24-25(16)12(13)4/h10H,5-9H2,1-4H3,(H,21,26). The Morgan fingerprint density at radius 2 is 1.92 bits per heavy atom. The van der Waals surface area contributed by atoms with Gasteiger partial charge in [0.1, 0.15) is 0 Å². The predicted molar refractivity (Wildman–Crippen MR) is 90.7 cm³/mol. The highest BCUT2D eigenvalue weighted by atomic mass is 19.4. The molecule has 0 aliphatic carbocycles. The molecule has 0 radical (unpaired) electrons. The van der Waals surface area contributed by atoms with Gasteiger partial charge in [0.25, 0.3) is 11.6 Å². The molecule has 144 valence electrons. The second-order valence-electron chi connectivity index (χ2n) is 6.79. The Balaban J connectivity index is 2.06. The van der Waals surface area contributed by atoms with E-state index in [2.05, 4.69) is 34.2 Å². The molecule has 0 saturated heterocycles. The molecule has 6 nitrogen and oxygen atoms in total. The molecule has 9 heteroatoms. The van der Waals surface area contributed by atoms with Crippen molar-refractivity contribution in [1.29, 1.82) is 0 Å². The van der Waals surface area contributed by atoms with Gasteiger partial charge < -0.3 is 5.32 Å². The number of fused-ring (bicyclic) bond motifs is 1. The van der Waals surface area contributed by atoms with Crippen LogP contribution in [-0.2, 0) is 17.4 Å². The Bertz CT molecular complexity index is 783. The highest BCUT2D eigenvalue weighted by Gasteiger charge is 2.36. The maximum absolute atomic E-state index is 12.8. The summed E-state index contributed by atoms with van der Waals surface area (Å²) in [4.78, 5) is 19.5. The van der Waals surface area contributed by atoms with E-state index in [1.54, 1.807) is 13.8 Å². The maximum Gasteiger partial charge on any atom is 0.453 e. The van der Waals surface area contributed by atoms with Crippen molar-refractivity contribution in [2.45, 2.75) is 59.6 Å². The van der Waals surface area contributed by atoms with Crippen molar-refractivity contribution in [3.05, 3.63) is 22.8 Å². The molecule has 0 unspecified atom stereocenters. The minimum absolute atomic E-state index is 0.0813. The van der Waals surface area contributed by atoms with Crippen molar-refractivity contribution in [2.24, 2.45) is 5.92 Å². The Morgan fingerprint density at radius 3 is 2.54 bits per heavy atom. The maximum atomic E-state index is 12.8. The van der Waals surface area contributed by atoms with E-state index >= 15 is 0 Å². The molecule has 0 fully saturated rings. The first-order chi connectivity index (χ1) is 12.1. The monoisotopic (exact) mass is 371 g/mol. The van der Waals surface area contributed by atoms with Gasteiger partial charge in [0.05, 0.1) is 0 Å². The van der Waals surface area contributed by atoms with Crippen LogP contribution in [-0.4, -0.2) is 32.0 Å². The van der Waals surface area contributed by atoms with Crippen LogP contribution in [0.15, 0.2) is 0 Å². The fraction of sp³-hybridized carbons (Fsp3) is 0.647. The first-order valence-electron chi connectivity index (χ1n) is 8.66. The first kappa shape index (κ1) is 20.1. The topological polar surface area (TPSA) is 72.2 Å². The third-order valence-corrected chi connectivity index (χ3v) is 4.18.